The van der Waals surface area contributed by atoms with Gasteiger partial charge >= 0.3 is 0 Å². The number of hydrogen-bond acceptors (Lipinski definition) is 7. The average Bonchev–Trinajstić information content (AvgIpc) is 3.29. The largest absolute Gasteiger partial charge is 0.485 e. The minimum Gasteiger partial charge on any atom is -0.485 e. The van der Waals surface area contributed by atoms with Crippen molar-refractivity contribution in [3.05, 3.63) is 72.7 Å². The second kappa shape index (κ2) is 10.0. The van der Waals surface area contributed by atoms with Crippen molar-refractivity contribution >= 4 is 21.6 Å². The maximum absolute atomic E-state index is 11.5. The zero-order valence-electron chi connectivity index (χ0n) is 19.5. The van der Waals surface area contributed by atoms with Crippen molar-refractivity contribution in [3.8, 4) is 17.1 Å². The number of anilines is 1. The fraction of sp³-hybridized carbons (Fsp3) is 0.320. The van der Waals surface area contributed by atoms with E-state index in [0.29, 0.717) is 18.3 Å². The van der Waals surface area contributed by atoms with Gasteiger partial charge in [0, 0.05) is 24.5 Å². The third kappa shape index (κ3) is 5.77. The quantitative estimate of drug-likeness (QED) is 0.386. The molecule has 35 heavy (non-hydrogen) atoms. The van der Waals surface area contributed by atoms with Crippen molar-refractivity contribution < 1.29 is 13.2 Å². The van der Waals surface area contributed by atoms with Crippen LogP contribution in [0.3, 0.4) is 0 Å². The molecule has 1 fully saturated rings. The average molecular weight is 493 g/mol. The lowest BCUT2D eigenvalue weighted by Crippen LogP contribution is -2.39. The summed E-state index contributed by atoms with van der Waals surface area (Å²) in [5, 5.41) is 3.41. The van der Waals surface area contributed by atoms with Gasteiger partial charge < -0.3 is 10.1 Å². The van der Waals surface area contributed by atoms with Gasteiger partial charge in [-0.3, -0.25) is 4.40 Å². The molecular weight excluding hydrogens is 464 g/mol. The van der Waals surface area contributed by atoms with Crippen LogP contribution in [0, 0.1) is 0 Å². The number of ether oxygens (including phenoxy) is 1. The van der Waals surface area contributed by atoms with Crippen molar-refractivity contribution in [3.63, 3.8) is 0 Å². The van der Waals surface area contributed by atoms with Crippen LogP contribution < -0.4 is 14.8 Å². The fourth-order valence-electron chi connectivity index (χ4n) is 4.43. The first-order valence-corrected chi connectivity index (χ1v) is 13.5. The van der Waals surface area contributed by atoms with E-state index >= 15 is 0 Å². The van der Waals surface area contributed by atoms with E-state index < -0.39 is 10.0 Å². The van der Waals surface area contributed by atoms with Crippen LogP contribution in [0.2, 0.25) is 0 Å². The normalized spacial score (nSPS) is 18.4. The summed E-state index contributed by atoms with van der Waals surface area (Å²) in [7, 11) is -3.18. The Hall–Kier alpha value is -3.50. The number of hydrogen-bond donors (Lipinski definition) is 2. The molecule has 0 atom stereocenters. The summed E-state index contributed by atoms with van der Waals surface area (Å²) in [4.78, 5) is 13.7. The first kappa shape index (κ1) is 23.3. The number of imidazole rings is 1. The Bertz CT molecular complexity index is 1400. The van der Waals surface area contributed by atoms with E-state index in [2.05, 4.69) is 20.0 Å². The SMILES string of the molecule is CS(=O)(=O)NC1CCC(Nc2nccc(-c3cnc4c(OCc5ccccc5)cccn34)n2)CC1. The van der Waals surface area contributed by atoms with Crippen LogP contribution >= 0.6 is 0 Å². The highest BCUT2D eigenvalue weighted by Crippen LogP contribution is 2.27. The number of sulfonamides is 1. The fourth-order valence-corrected chi connectivity index (χ4v) is 5.28. The van der Waals surface area contributed by atoms with Crippen LogP contribution in [0.1, 0.15) is 31.2 Å². The molecule has 3 heterocycles. The lowest BCUT2D eigenvalue weighted by molar-refractivity contribution is 0.308. The number of rotatable bonds is 8. The van der Waals surface area contributed by atoms with Gasteiger partial charge in [0.15, 0.2) is 11.4 Å². The minimum atomic E-state index is -3.18. The van der Waals surface area contributed by atoms with Crippen molar-refractivity contribution in [1.29, 1.82) is 0 Å². The van der Waals surface area contributed by atoms with E-state index in [9.17, 15) is 8.42 Å². The van der Waals surface area contributed by atoms with Gasteiger partial charge in [0.05, 0.1) is 23.8 Å². The van der Waals surface area contributed by atoms with E-state index in [-0.39, 0.29) is 12.1 Å². The van der Waals surface area contributed by atoms with Gasteiger partial charge in [-0.15, -0.1) is 0 Å². The van der Waals surface area contributed by atoms with Gasteiger partial charge in [-0.1, -0.05) is 30.3 Å². The number of nitrogens with one attached hydrogen (secondary N) is 2. The summed E-state index contributed by atoms with van der Waals surface area (Å²) in [6.07, 6.45) is 9.92. The summed E-state index contributed by atoms with van der Waals surface area (Å²) < 4.78 is 33.7. The Labute approximate surface area is 204 Å². The molecule has 0 unspecified atom stereocenters. The topological polar surface area (TPSA) is 111 Å². The Morgan fingerprint density at radius 1 is 1.00 bits per heavy atom. The standard InChI is InChI=1S/C25H28N6O3S/c1-35(32,33)30-20-11-9-19(10-12-20)28-25-26-14-13-21(29-25)22-16-27-24-23(8-5-15-31(22)24)34-17-18-6-3-2-4-7-18/h2-8,13-16,19-20,30H,9-12,17H2,1H3,(H,26,28,29). The van der Waals surface area contributed by atoms with E-state index in [0.717, 1.165) is 48.3 Å². The highest BCUT2D eigenvalue weighted by atomic mass is 32.2. The molecular formula is C25H28N6O3S. The van der Waals surface area contributed by atoms with Gasteiger partial charge in [0.1, 0.15) is 6.61 Å². The number of pyridine rings is 1. The Morgan fingerprint density at radius 2 is 1.77 bits per heavy atom. The molecule has 0 amide bonds. The van der Waals surface area contributed by atoms with Crippen molar-refractivity contribution in [2.45, 2.75) is 44.4 Å². The van der Waals surface area contributed by atoms with Gasteiger partial charge in [-0.2, -0.15) is 0 Å². The monoisotopic (exact) mass is 492 g/mol. The minimum absolute atomic E-state index is 0.00762. The van der Waals surface area contributed by atoms with Crippen molar-refractivity contribution in [2.24, 2.45) is 0 Å². The Balaban J connectivity index is 1.29. The van der Waals surface area contributed by atoms with Crippen LogP contribution in [-0.2, 0) is 16.6 Å². The molecule has 182 valence electrons. The molecule has 9 nitrogen and oxygen atoms in total. The maximum Gasteiger partial charge on any atom is 0.223 e. The first-order chi connectivity index (χ1) is 16.9. The lowest BCUT2D eigenvalue weighted by atomic mass is 9.92. The summed E-state index contributed by atoms with van der Waals surface area (Å²) >= 11 is 0. The second-order valence-electron chi connectivity index (χ2n) is 8.83. The molecule has 0 saturated heterocycles. The molecule has 3 aromatic heterocycles. The highest BCUT2D eigenvalue weighted by molar-refractivity contribution is 7.88. The van der Waals surface area contributed by atoms with Crippen molar-refractivity contribution in [2.75, 3.05) is 11.6 Å². The Morgan fingerprint density at radius 3 is 2.54 bits per heavy atom. The first-order valence-electron chi connectivity index (χ1n) is 11.6. The van der Waals surface area contributed by atoms with Gasteiger partial charge in [0.25, 0.3) is 0 Å². The van der Waals surface area contributed by atoms with Crippen LogP contribution in [0.4, 0.5) is 5.95 Å². The molecule has 1 aromatic carbocycles. The third-order valence-electron chi connectivity index (χ3n) is 6.10. The second-order valence-corrected chi connectivity index (χ2v) is 10.6. The lowest BCUT2D eigenvalue weighted by Gasteiger charge is -2.29. The molecule has 5 rings (SSSR count). The zero-order chi connectivity index (χ0) is 24.3. The molecule has 1 saturated carbocycles. The van der Waals surface area contributed by atoms with Gasteiger partial charge in [-0.25, -0.2) is 28.1 Å². The van der Waals surface area contributed by atoms with E-state index in [1.807, 2.05) is 59.1 Å². The van der Waals surface area contributed by atoms with Gasteiger partial charge in [-0.05, 0) is 49.4 Å². The summed E-state index contributed by atoms with van der Waals surface area (Å²) in [5.41, 5.74) is 3.41. The number of nitrogens with zero attached hydrogens (tertiary/aromatic N) is 4. The summed E-state index contributed by atoms with van der Waals surface area (Å²) in [6.45, 7) is 0.465. The molecule has 1 aliphatic carbocycles. The summed E-state index contributed by atoms with van der Waals surface area (Å²) in [5.74, 6) is 1.25. The highest BCUT2D eigenvalue weighted by Gasteiger charge is 2.24. The predicted octanol–water partition coefficient (Wildman–Crippen LogP) is 3.64. The summed E-state index contributed by atoms with van der Waals surface area (Å²) in [6, 6.07) is 15.9. The van der Waals surface area contributed by atoms with Crippen LogP contribution in [0.5, 0.6) is 5.75 Å². The third-order valence-corrected chi connectivity index (χ3v) is 6.86. The number of aromatic nitrogens is 4. The van der Waals surface area contributed by atoms with Crippen LogP contribution in [0.25, 0.3) is 17.0 Å². The molecule has 1 aliphatic rings. The molecule has 10 heteroatoms. The zero-order valence-corrected chi connectivity index (χ0v) is 20.3. The number of fused-ring (bicyclic) bond motifs is 1. The molecule has 0 bridgehead atoms. The van der Waals surface area contributed by atoms with E-state index in [1.165, 1.54) is 6.26 Å². The Kier molecular flexibility index (Phi) is 6.65. The van der Waals surface area contributed by atoms with Gasteiger partial charge in [0.2, 0.25) is 16.0 Å². The van der Waals surface area contributed by atoms with E-state index in [1.54, 1.807) is 12.4 Å². The molecule has 4 aromatic rings. The maximum atomic E-state index is 11.5. The molecule has 0 spiro atoms. The van der Waals surface area contributed by atoms with E-state index in [4.69, 9.17) is 9.72 Å². The molecule has 0 radical (unpaired) electrons. The van der Waals surface area contributed by atoms with Crippen LogP contribution in [-0.4, -0.2) is 46.1 Å². The number of benzene rings is 1. The predicted molar refractivity (Wildman–Crippen MR) is 135 cm³/mol. The van der Waals surface area contributed by atoms with Crippen molar-refractivity contribution in [1.82, 2.24) is 24.1 Å². The smallest absolute Gasteiger partial charge is 0.223 e. The molecule has 0 aliphatic heterocycles. The van der Waals surface area contributed by atoms with Crippen LogP contribution in [0.15, 0.2) is 67.1 Å². The molecule has 2 N–H and O–H groups in total.